The second-order valence-electron chi connectivity index (χ2n) is 4.98. The van der Waals surface area contributed by atoms with Gasteiger partial charge in [-0.2, -0.15) is 8.42 Å². The average Bonchev–Trinajstić information content (AvgIpc) is 2.83. The Labute approximate surface area is 133 Å². The highest BCUT2D eigenvalue weighted by molar-refractivity contribution is 9.11. The van der Waals surface area contributed by atoms with Gasteiger partial charge < -0.3 is 4.74 Å². The first kappa shape index (κ1) is 16.2. The van der Waals surface area contributed by atoms with Crippen molar-refractivity contribution in [1.82, 2.24) is 0 Å². The third kappa shape index (κ3) is 3.34. The van der Waals surface area contributed by atoms with Gasteiger partial charge >= 0.3 is 0 Å². The minimum absolute atomic E-state index is 0.134. The van der Waals surface area contributed by atoms with Gasteiger partial charge in [-0.3, -0.25) is 4.55 Å². The molecule has 1 unspecified atom stereocenters. The van der Waals surface area contributed by atoms with E-state index >= 15 is 0 Å². The molecule has 0 saturated carbocycles. The molecule has 0 aliphatic carbocycles. The van der Waals surface area contributed by atoms with E-state index in [0.717, 1.165) is 5.06 Å². The molecular weight excluding hydrogens is 418 g/mol. The minimum atomic E-state index is -4.32. The summed E-state index contributed by atoms with van der Waals surface area (Å²) in [6.07, 6.45) is -0.167. The number of epoxide rings is 1. The highest BCUT2D eigenvalue weighted by Gasteiger charge is 2.49. The van der Waals surface area contributed by atoms with E-state index in [9.17, 15) is 13.6 Å². The average molecular weight is 430 g/mol. The van der Waals surface area contributed by atoms with Gasteiger partial charge in [-0.25, -0.2) is 5.06 Å². The van der Waals surface area contributed by atoms with E-state index in [4.69, 9.17) is 9.29 Å². The topological polar surface area (TPSA) is 90.0 Å². The Balaban J connectivity index is 2.29. The van der Waals surface area contributed by atoms with Gasteiger partial charge in [-0.05, 0) is 57.8 Å². The minimum Gasteiger partial charge on any atom is -0.365 e. The SMILES string of the molecule is CC1(C)OC1CN([O])c1c(Br)cc(S(=O)(=O)O)cc1Br. The number of hydroxylamine groups is 1. The molecule has 1 aliphatic rings. The maximum Gasteiger partial charge on any atom is 0.294 e. The van der Waals surface area contributed by atoms with Gasteiger partial charge in [-0.1, -0.05) is 5.21 Å². The largest absolute Gasteiger partial charge is 0.365 e. The van der Waals surface area contributed by atoms with Crippen molar-refractivity contribution in [1.29, 1.82) is 0 Å². The number of benzene rings is 1. The number of hydrogen-bond donors (Lipinski definition) is 1. The van der Waals surface area contributed by atoms with Crippen LogP contribution in [0.25, 0.3) is 0 Å². The van der Waals surface area contributed by atoms with Gasteiger partial charge in [0.15, 0.2) is 0 Å². The standard InChI is InChI=1S/C11H12Br2NO5S/c1-11(2)9(19-11)5-14(15)10-7(12)3-6(4-8(10)13)20(16,17)18/h3-4,9H,5H2,1-2H3,(H,16,17,18). The van der Waals surface area contributed by atoms with E-state index in [1.165, 1.54) is 12.1 Å². The van der Waals surface area contributed by atoms with Crippen LogP contribution in [-0.4, -0.2) is 31.2 Å². The first-order valence-electron chi connectivity index (χ1n) is 5.61. The highest BCUT2D eigenvalue weighted by Crippen LogP contribution is 2.40. The van der Waals surface area contributed by atoms with Crippen LogP contribution in [0.5, 0.6) is 0 Å². The van der Waals surface area contributed by atoms with Gasteiger partial charge in [-0.15, -0.1) is 0 Å². The van der Waals surface area contributed by atoms with Gasteiger partial charge in [0.05, 0.1) is 22.7 Å². The molecule has 1 aromatic carbocycles. The molecule has 1 heterocycles. The normalized spacial score (nSPS) is 20.8. The molecule has 9 heteroatoms. The van der Waals surface area contributed by atoms with Crippen molar-refractivity contribution < 1.29 is 22.9 Å². The summed E-state index contributed by atoms with van der Waals surface area (Å²) < 4.78 is 37.1. The fourth-order valence-electron chi connectivity index (χ4n) is 1.76. The Hall–Kier alpha value is -0.190. The van der Waals surface area contributed by atoms with Crippen LogP contribution in [0.3, 0.4) is 0 Å². The van der Waals surface area contributed by atoms with Crippen molar-refractivity contribution >= 4 is 47.7 Å². The monoisotopic (exact) mass is 428 g/mol. The number of rotatable bonds is 4. The Bertz CT molecular complexity index is 623. The van der Waals surface area contributed by atoms with E-state index in [1.807, 2.05) is 13.8 Å². The van der Waals surface area contributed by atoms with Crippen LogP contribution in [-0.2, 0) is 20.1 Å². The van der Waals surface area contributed by atoms with Crippen LogP contribution in [0, 0.1) is 0 Å². The molecular formula is C11H12Br2NO5S. The summed E-state index contributed by atoms with van der Waals surface area (Å²) in [5.41, 5.74) is -0.0561. The Kier molecular flexibility index (Phi) is 4.22. The molecule has 0 amide bonds. The lowest BCUT2D eigenvalue weighted by molar-refractivity contribution is 0.150. The van der Waals surface area contributed by atoms with Crippen LogP contribution in [0.1, 0.15) is 13.8 Å². The van der Waals surface area contributed by atoms with Gasteiger partial charge in [0, 0.05) is 8.95 Å². The molecule has 1 aliphatic heterocycles. The van der Waals surface area contributed by atoms with Crippen molar-refractivity contribution in [2.75, 3.05) is 11.6 Å². The predicted octanol–water partition coefficient (Wildman–Crippen LogP) is 2.79. The zero-order valence-corrected chi connectivity index (χ0v) is 14.6. The van der Waals surface area contributed by atoms with Crippen molar-refractivity contribution in [2.24, 2.45) is 0 Å². The van der Waals surface area contributed by atoms with Gasteiger partial charge in [0.2, 0.25) is 0 Å². The lowest BCUT2D eigenvalue weighted by Crippen LogP contribution is -2.25. The quantitative estimate of drug-likeness (QED) is 0.451. The van der Waals surface area contributed by atoms with Gasteiger partial charge in [0.25, 0.3) is 10.1 Å². The maximum absolute atomic E-state index is 12.2. The first-order chi connectivity index (χ1) is 9.02. The molecule has 0 bridgehead atoms. The molecule has 2 rings (SSSR count). The number of hydrogen-bond acceptors (Lipinski definition) is 4. The maximum atomic E-state index is 12.2. The molecule has 111 valence electrons. The van der Waals surface area contributed by atoms with Crippen LogP contribution in [0.2, 0.25) is 0 Å². The Morgan fingerprint density at radius 2 is 1.80 bits per heavy atom. The van der Waals surface area contributed by atoms with Crippen molar-refractivity contribution in [3.05, 3.63) is 21.1 Å². The van der Waals surface area contributed by atoms with E-state index < -0.39 is 10.1 Å². The fraction of sp³-hybridized carbons (Fsp3) is 0.455. The lowest BCUT2D eigenvalue weighted by Gasteiger charge is -2.17. The molecule has 6 nitrogen and oxygen atoms in total. The Morgan fingerprint density at radius 3 is 2.15 bits per heavy atom. The van der Waals surface area contributed by atoms with Crippen LogP contribution in [0.4, 0.5) is 5.69 Å². The van der Waals surface area contributed by atoms with Crippen molar-refractivity contribution in [3.8, 4) is 0 Å². The van der Waals surface area contributed by atoms with Crippen molar-refractivity contribution in [2.45, 2.75) is 30.4 Å². The van der Waals surface area contributed by atoms with Crippen molar-refractivity contribution in [3.63, 3.8) is 0 Å². The molecule has 1 atom stereocenters. The third-order valence-corrected chi connectivity index (χ3v) is 5.07. The van der Waals surface area contributed by atoms with E-state index in [-0.39, 0.29) is 37.8 Å². The second kappa shape index (κ2) is 5.22. The summed E-state index contributed by atoms with van der Waals surface area (Å²) in [6.45, 7) is 3.91. The van der Waals surface area contributed by atoms with E-state index in [0.29, 0.717) is 0 Å². The summed E-state index contributed by atoms with van der Waals surface area (Å²) in [5, 5.41) is 12.9. The third-order valence-electron chi connectivity index (χ3n) is 3.03. The zero-order chi connectivity index (χ0) is 15.3. The smallest absolute Gasteiger partial charge is 0.294 e. The van der Waals surface area contributed by atoms with Crippen LogP contribution >= 0.6 is 31.9 Å². The van der Waals surface area contributed by atoms with Gasteiger partial charge in [0.1, 0.15) is 6.10 Å². The number of anilines is 1. The second-order valence-corrected chi connectivity index (χ2v) is 8.11. The molecule has 1 fully saturated rings. The molecule has 1 aromatic rings. The summed E-state index contributed by atoms with van der Waals surface area (Å²) in [5.74, 6) is 0. The predicted molar refractivity (Wildman–Crippen MR) is 78.6 cm³/mol. The molecule has 1 N–H and O–H groups in total. The Morgan fingerprint density at radius 1 is 1.35 bits per heavy atom. The highest BCUT2D eigenvalue weighted by atomic mass is 79.9. The van der Waals surface area contributed by atoms with Crippen LogP contribution < -0.4 is 5.06 Å². The summed E-state index contributed by atoms with van der Waals surface area (Å²) >= 11 is 6.28. The van der Waals surface area contributed by atoms with E-state index in [2.05, 4.69) is 31.9 Å². The summed E-state index contributed by atoms with van der Waals surface area (Å²) in [4.78, 5) is -0.295. The molecule has 20 heavy (non-hydrogen) atoms. The molecule has 1 radical (unpaired) electrons. The van der Waals surface area contributed by atoms with Crippen LogP contribution in [0.15, 0.2) is 26.0 Å². The van der Waals surface area contributed by atoms with E-state index in [1.54, 1.807) is 0 Å². The lowest BCUT2D eigenvalue weighted by atomic mass is 10.1. The summed E-state index contributed by atoms with van der Waals surface area (Å²) in [7, 11) is -4.32. The fourth-order valence-corrected chi connectivity index (χ4v) is 4.18. The number of ether oxygens (including phenoxy) is 1. The number of halogens is 2. The molecule has 0 aromatic heterocycles. The molecule has 1 saturated heterocycles. The summed E-state index contributed by atoms with van der Waals surface area (Å²) in [6, 6.07) is 2.36. The number of nitrogens with zero attached hydrogens (tertiary/aromatic N) is 1. The zero-order valence-electron chi connectivity index (χ0n) is 10.6. The molecule has 0 spiro atoms. The first-order valence-corrected chi connectivity index (χ1v) is 8.64.